The Balaban J connectivity index is 1.67. The third-order valence-corrected chi connectivity index (χ3v) is 6.85. The molecule has 2 N–H and O–H groups in total. The number of carbonyl (C=O) groups is 2. The molecule has 2 amide bonds. The average Bonchev–Trinajstić information content (AvgIpc) is 3.19. The Morgan fingerprint density at radius 3 is 2.47 bits per heavy atom. The molecular weight excluding hydrogens is 438 g/mol. The largest absolute Gasteiger partial charge is 0.383 e. The van der Waals surface area contributed by atoms with Crippen LogP contribution in [-0.2, 0) is 19.6 Å². The molecule has 170 valence electrons. The van der Waals surface area contributed by atoms with Gasteiger partial charge < -0.3 is 15.5 Å². The van der Waals surface area contributed by atoms with Gasteiger partial charge in [0.15, 0.2) is 0 Å². The van der Waals surface area contributed by atoms with E-state index >= 15 is 0 Å². The van der Waals surface area contributed by atoms with Crippen molar-refractivity contribution in [3.63, 3.8) is 0 Å². The minimum Gasteiger partial charge on any atom is -0.383 e. The van der Waals surface area contributed by atoms with Gasteiger partial charge in [-0.3, -0.25) is 19.7 Å². The van der Waals surface area contributed by atoms with E-state index in [0.717, 1.165) is 22.5 Å². The van der Waals surface area contributed by atoms with E-state index in [-0.39, 0.29) is 22.2 Å². The number of benzene rings is 2. The minimum absolute atomic E-state index is 0.0524. The van der Waals surface area contributed by atoms with Crippen LogP contribution in [0.1, 0.15) is 12.8 Å². The quantitative estimate of drug-likeness (QED) is 0.452. The molecule has 1 saturated heterocycles. The van der Waals surface area contributed by atoms with Crippen LogP contribution in [0, 0.1) is 10.1 Å². The molecular formula is C20H23N5O6S. The first-order valence-corrected chi connectivity index (χ1v) is 11.2. The SMILES string of the molecule is CNc1ccc(S(=O)(=O)N(C)CC(=O)Nc2ccc(N3CCCC3=O)cc2)cc1[N+](=O)[O-]. The second-order valence-corrected chi connectivity index (χ2v) is 9.24. The van der Waals surface area contributed by atoms with Gasteiger partial charge in [0.1, 0.15) is 5.69 Å². The number of nitrogens with one attached hydrogen (secondary N) is 2. The summed E-state index contributed by atoms with van der Waals surface area (Å²) in [6.45, 7) is 0.164. The Morgan fingerprint density at radius 2 is 1.91 bits per heavy atom. The summed E-state index contributed by atoms with van der Waals surface area (Å²) in [4.78, 5) is 36.1. The first-order chi connectivity index (χ1) is 15.1. The van der Waals surface area contributed by atoms with E-state index < -0.39 is 27.4 Å². The van der Waals surface area contributed by atoms with Crippen LogP contribution >= 0.6 is 0 Å². The molecule has 0 saturated carbocycles. The third kappa shape index (κ3) is 4.86. The van der Waals surface area contributed by atoms with E-state index in [2.05, 4.69) is 10.6 Å². The lowest BCUT2D eigenvalue weighted by Gasteiger charge is -2.18. The Morgan fingerprint density at radius 1 is 1.22 bits per heavy atom. The molecule has 0 unspecified atom stereocenters. The summed E-state index contributed by atoms with van der Waals surface area (Å²) in [7, 11) is -1.43. The summed E-state index contributed by atoms with van der Waals surface area (Å²) in [6, 6.07) is 10.2. The number of sulfonamides is 1. The molecule has 0 radical (unpaired) electrons. The first kappa shape index (κ1) is 23.2. The van der Waals surface area contributed by atoms with E-state index in [9.17, 15) is 28.1 Å². The maximum absolute atomic E-state index is 12.8. The van der Waals surface area contributed by atoms with Crippen molar-refractivity contribution in [2.75, 3.05) is 42.7 Å². The van der Waals surface area contributed by atoms with Gasteiger partial charge in [0.25, 0.3) is 5.69 Å². The maximum atomic E-state index is 12.8. The standard InChI is InChI=1S/C20H23N5O6S/c1-21-17-10-9-16(12-18(17)25(28)29)32(30,31)23(2)13-19(26)22-14-5-7-15(8-6-14)24-11-3-4-20(24)27/h5-10,12,21H,3-4,11,13H2,1-2H3,(H,22,26). The van der Waals surface area contributed by atoms with Gasteiger partial charge in [-0.05, 0) is 42.8 Å². The fourth-order valence-corrected chi connectivity index (χ4v) is 4.50. The number of hydrogen-bond acceptors (Lipinski definition) is 7. The minimum atomic E-state index is -4.14. The van der Waals surface area contributed by atoms with Crippen molar-refractivity contribution < 1.29 is 22.9 Å². The van der Waals surface area contributed by atoms with Gasteiger partial charge in [0.2, 0.25) is 21.8 Å². The van der Waals surface area contributed by atoms with E-state index in [0.29, 0.717) is 18.7 Å². The van der Waals surface area contributed by atoms with Crippen molar-refractivity contribution in [2.24, 2.45) is 0 Å². The van der Waals surface area contributed by atoms with E-state index in [1.165, 1.54) is 26.2 Å². The highest BCUT2D eigenvalue weighted by Crippen LogP contribution is 2.28. The zero-order valence-corrected chi connectivity index (χ0v) is 18.4. The van der Waals surface area contributed by atoms with Gasteiger partial charge in [-0.1, -0.05) is 0 Å². The Hall–Kier alpha value is -3.51. The second kappa shape index (κ2) is 9.32. The van der Waals surface area contributed by atoms with Crippen LogP contribution in [0.3, 0.4) is 0 Å². The number of carbonyl (C=O) groups excluding carboxylic acids is 2. The summed E-state index contributed by atoms with van der Waals surface area (Å²) in [5.41, 5.74) is 0.971. The Bertz CT molecular complexity index is 1150. The lowest BCUT2D eigenvalue weighted by Crippen LogP contribution is -2.35. The molecule has 0 atom stereocenters. The molecule has 2 aromatic rings. The van der Waals surface area contributed by atoms with E-state index in [1.54, 1.807) is 29.2 Å². The summed E-state index contributed by atoms with van der Waals surface area (Å²) in [5, 5.41) is 16.4. The summed E-state index contributed by atoms with van der Waals surface area (Å²) >= 11 is 0. The van der Waals surface area contributed by atoms with Crippen molar-refractivity contribution in [3.8, 4) is 0 Å². The number of anilines is 3. The average molecular weight is 462 g/mol. The lowest BCUT2D eigenvalue weighted by molar-refractivity contribution is -0.384. The van der Waals surface area contributed by atoms with Crippen LogP contribution in [0.4, 0.5) is 22.7 Å². The number of likely N-dealkylation sites (N-methyl/N-ethyl adjacent to an activating group) is 1. The molecule has 1 aliphatic rings. The number of hydrogen-bond donors (Lipinski definition) is 2. The number of amides is 2. The summed E-state index contributed by atoms with van der Waals surface area (Å²) < 4.78 is 26.4. The highest BCUT2D eigenvalue weighted by atomic mass is 32.2. The molecule has 0 bridgehead atoms. The molecule has 0 spiro atoms. The zero-order valence-electron chi connectivity index (χ0n) is 17.6. The van der Waals surface area contributed by atoms with Gasteiger partial charge in [-0.25, -0.2) is 8.42 Å². The van der Waals surface area contributed by atoms with E-state index in [1.807, 2.05) is 0 Å². The van der Waals surface area contributed by atoms with Gasteiger partial charge in [0.05, 0.1) is 16.4 Å². The molecule has 0 aliphatic carbocycles. The number of nitrogens with zero attached hydrogens (tertiary/aromatic N) is 3. The van der Waals surface area contributed by atoms with Gasteiger partial charge in [-0.15, -0.1) is 0 Å². The van der Waals surface area contributed by atoms with Crippen LogP contribution < -0.4 is 15.5 Å². The van der Waals surface area contributed by atoms with Gasteiger partial charge in [-0.2, -0.15) is 4.31 Å². The van der Waals surface area contributed by atoms with Crippen LogP contribution in [-0.4, -0.2) is 56.6 Å². The van der Waals surface area contributed by atoms with Crippen LogP contribution in [0.15, 0.2) is 47.4 Å². The first-order valence-electron chi connectivity index (χ1n) is 9.76. The molecule has 11 nitrogen and oxygen atoms in total. The molecule has 32 heavy (non-hydrogen) atoms. The fraction of sp³-hybridized carbons (Fsp3) is 0.300. The highest BCUT2D eigenvalue weighted by molar-refractivity contribution is 7.89. The molecule has 1 heterocycles. The number of nitro benzene ring substituents is 1. The van der Waals surface area contributed by atoms with Gasteiger partial charge in [0, 0.05) is 44.5 Å². The predicted molar refractivity (Wildman–Crippen MR) is 119 cm³/mol. The molecule has 0 aromatic heterocycles. The van der Waals surface area contributed by atoms with E-state index in [4.69, 9.17) is 0 Å². The van der Waals surface area contributed by atoms with Crippen molar-refractivity contribution in [2.45, 2.75) is 17.7 Å². The lowest BCUT2D eigenvalue weighted by atomic mass is 10.2. The van der Waals surface area contributed by atoms with Crippen molar-refractivity contribution in [3.05, 3.63) is 52.6 Å². The second-order valence-electron chi connectivity index (χ2n) is 7.19. The summed E-state index contributed by atoms with van der Waals surface area (Å²) in [5.74, 6) is -0.529. The Labute approximate surface area is 185 Å². The normalized spacial score (nSPS) is 14.0. The zero-order chi connectivity index (χ0) is 23.5. The van der Waals surface area contributed by atoms with Crippen LogP contribution in [0.25, 0.3) is 0 Å². The van der Waals surface area contributed by atoms with Crippen LogP contribution in [0.5, 0.6) is 0 Å². The molecule has 12 heteroatoms. The third-order valence-electron chi connectivity index (χ3n) is 5.05. The fourth-order valence-electron chi connectivity index (χ4n) is 3.35. The predicted octanol–water partition coefficient (Wildman–Crippen LogP) is 2.02. The monoisotopic (exact) mass is 461 g/mol. The number of rotatable bonds is 8. The molecule has 1 aliphatic heterocycles. The number of nitro groups is 1. The van der Waals surface area contributed by atoms with Crippen molar-refractivity contribution >= 4 is 44.6 Å². The Kier molecular flexibility index (Phi) is 6.75. The summed E-state index contributed by atoms with van der Waals surface area (Å²) in [6.07, 6.45) is 1.32. The molecule has 3 rings (SSSR count). The topological polar surface area (TPSA) is 142 Å². The molecule has 1 fully saturated rings. The molecule has 2 aromatic carbocycles. The van der Waals surface area contributed by atoms with Crippen molar-refractivity contribution in [1.82, 2.24) is 4.31 Å². The van der Waals surface area contributed by atoms with Gasteiger partial charge >= 0.3 is 0 Å². The van der Waals surface area contributed by atoms with Crippen molar-refractivity contribution in [1.29, 1.82) is 0 Å². The smallest absolute Gasteiger partial charge is 0.293 e. The van der Waals surface area contributed by atoms with Crippen LogP contribution in [0.2, 0.25) is 0 Å². The maximum Gasteiger partial charge on any atom is 0.293 e. The highest BCUT2D eigenvalue weighted by Gasteiger charge is 2.26.